The maximum atomic E-state index is 13.1. The Morgan fingerprint density at radius 3 is 2.35 bits per heavy atom. The van der Waals surface area contributed by atoms with Gasteiger partial charge in [-0.05, 0) is 70.4 Å². The maximum absolute atomic E-state index is 13.1. The second kappa shape index (κ2) is 8.17. The fourth-order valence-corrected chi connectivity index (χ4v) is 4.03. The molecule has 0 radical (unpaired) electrons. The van der Waals surface area contributed by atoms with Crippen molar-refractivity contribution in [1.29, 1.82) is 0 Å². The molecule has 2 heterocycles. The highest BCUT2D eigenvalue weighted by atomic mass is 16.2. The summed E-state index contributed by atoms with van der Waals surface area (Å²) in [7, 11) is 7.88. The number of nitrogens with one attached hydrogen (secondary N) is 1. The van der Waals surface area contributed by atoms with E-state index in [4.69, 9.17) is 0 Å². The summed E-state index contributed by atoms with van der Waals surface area (Å²) in [5, 5.41) is 0. The number of aromatic nitrogens is 1. The predicted octanol–water partition coefficient (Wildman–Crippen LogP) is 1.99. The van der Waals surface area contributed by atoms with Gasteiger partial charge < -0.3 is 14.8 Å². The van der Waals surface area contributed by atoms with Crippen LogP contribution in [0.15, 0.2) is 51.3 Å². The van der Waals surface area contributed by atoms with Gasteiger partial charge in [0.2, 0.25) is 11.6 Å². The Hall–Kier alpha value is -3.16. The summed E-state index contributed by atoms with van der Waals surface area (Å²) in [4.78, 5) is 50.3. The van der Waals surface area contributed by atoms with Crippen molar-refractivity contribution in [3.05, 3.63) is 63.2 Å². The van der Waals surface area contributed by atoms with Gasteiger partial charge in [0.1, 0.15) is 0 Å². The molecule has 0 saturated heterocycles. The molecule has 1 aromatic rings. The molecule has 0 fully saturated rings. The number of aromatic amines is 1. The summed E-state index contributed by atoms with van der Waals surface area (Å²) in [6.07, 6.45) is 9.64. The van der Waals surface area contributed by atoms with Gasteiger partial charge in [-0.3, -0.25) is 19.4 Å². The number of aliphatic imine (C=N–C) groups is 1. The molecular formula is C24H26N4O3. The van der Waals surface area contributed by atoms with Crippen LogP contribution in [0.5, 0.6) is 0 Å². The number of rotatable bonds is 7. The highest BCUT2D eigenvalue weighted by molar-refractivity contribution is 6.53. The fourth-order valence-electron chi connectivity index (χ4n) is 4.03. The van der Waals surface area contributed by atoms with Crippen LogP contribution in [0.3, 0.4) is 0 Å². The smallest absolute Gasteiger partial charge is 0.235 e. The SMILES string of the molecule is CN(C)CCC1=C2C(=O)C=CC(C3=Cc4[nH]cc(CCN(C)C)c4C(=O)C3=O)=C2N=C1. The lowest BCUT2D eigenvalue weighted by atomic mass is 9.83. The van der Waals surface area contributed by atoms with Gasteiger partial charge in [0.25, 0.3) is 0 Å². The molecule has 0 amide bonds. The van der Waals surface area contributed by atoms with Crippen molar-refractivity contribution in [2.45, 2.75) is 12.8 Å². The van der Waals surface area contributed by atoms with E-state index in [9.17, 15) is 14.4 Å². The largest absolute Gasteiger partial charge is 0.361 e. The minimum Gasteiger partial charge on any atom is -0.361 e. The van der Waals surface area contributed by atoms with Crippen molar-refractivity contribution in [3.8, 4) is 0 Å². The van der Waals surface area contributed by atoms with Gasteiger partial charge in [0.05, 0.1) is 22.5 Å². The van der Waals surface area contributed by atoms with Crippen molar-refractivity contribution >= 4 is 29.6 Å². The quantitative estimate of drug-likeness (QED) is 0.685. The van der Waals surface area contributed by atoms with Gasteiger partial charge in [-0.1, -0.05) is 0 Å². The normalized spacial score (nSPS) is 18.0. The van der Waals surface area contributed by atoms with Crippen LogP contribution in [0.25, 0.3) is 6.08 Å². The van der Waals surface area contributed by atoms with E-state index < -0.39 is 11.6 Å². The zero-order chi connectivity index (χ0) is 22.3. The first-order chi connectivity index (χ1) is 14.8. The fraction of sp³-hybridized carbons (Fsp3) is 0.333. The lowest BCUT2D eigenvalue weighted by molar-refractivity contribution is -0.112. The van der Waals surface area contributed by atoms with Crippen molar-refractivity contribution in [3.63, 3.8) is 0 Å². The van der Waals surface area contributed by atoms with Crippen molar-refractivity contribution in [2.75, 3.05) is 41.3 Å². The third-order valence-corrected chi connectivity index (χ3v) is 5.72. The standard InChI is InChI=1S/C24H26N4O3/c1-27(2)9-7-14-12-25-18-11-17(23(30)24(31)20(14)18)16-5-6-19(29)21-15(8-10-28(3)4)13-26-22(16)21/h5-6,11-13,25H,7-10H2,1-4H3. The minimum absolute atomic E-state index is 0.119. The molecule has 3 aliphatic rings. The summed E-state index contributed by atoms with van der Waals surface area (Å²) in [6.45, 7) is 1.56. The van der Waals surface area contributed by atoms with Crippen molar-refractivity contribution < 1.29 is 14.4 Å². The predicted molar refractivity (Wildman–Crippen MR) is 120 cm³/mol. The van der Waals surface area contributed by atoms with Gasteiger partial charge in [0, 0.05) is 36.6 Å². The monoisotopic (exact) mass is 418 g/mol. The van der Waals surface area contributed by atoms with Crippen LogP contribution in [0.2, 0.25) is 0 Å². The molecule has 31 heavy (non-hydrogen) atoms. The zero-order valence-corrected chi connectivity index (χ0v) is 18.3. The highest BCUT2D eigenvalue weighted by Crippen LogP contribution is 2.37. The second-order valence-electron chi connectivity index (χ2n) is 8.54. The Labute approximate surface area is 181 Å². The third-order valence-electron chi connectivity index (χ3n) is 5.72. The van der Waals surface area contributed by atoms with Gasteiger partial charge in [0.15, 0.2) is 5.78 Å². The van der Waals surface area contributed by atoms with Crippen LogP contribution in [-0.2, 0) is 16.0 Å². The maximum Gasteiger partial charge on any atom is 0.235 e. The molecule has 4 rings (SSSR count). The molecular weight excluding hydrogens is 392 g/mol. The molecule has 1 aromatic heterocycles. The number of nitrogens with zero attached hydrogens (tertiary/aromatic N) is 3. The molecule has 0 bridgehead atoms. The lowest BCUT2D eigenvalue weighted by Crippen LogP contribution is -2.25. The number of hydrogen-bond acceptors (Lipinski definition) is 6. The van der Waals surface area contributed by atoms with E-state index in [0.29, 0.717) is 40.9 Å². The molecule has 0 saturated carbocycles. The summed E-state index contributed by atoms with van der Waals surface area (Å²) >= 11 is 0. The Morgan fingerprint density at radius 2 is 1.65 bits per heavy atom. The van der Waals surface area contributed by atoms with Crippen LogP contribution < -0.4 is 0 Å². The van der Waals surface area contributed by atoms with Crippen LogP contribution in [-0.4, -0.2) is 79.6 Å². The molecule has 2 aliphatic carbocycles. The molecule has 7 heteroatoms. The lowest BCUT2D eigenvalue weighted by Gasteiger charge is -2.19. The van der Waals surface area contributed by atoms with Gasteiger partial charge >= 0.3 is 0 Å². The van der Waals surface area contributed by atoms with Crippen LogP contribution in [0, 0.1) is 0 Å². The Balaban J connectivity index is 1.75. The van der Waals surface area contributed by atoms with Gasteiger partial charge in [-0.15, -0.1) is 0 Å². The Morgan fingerprint density at radius 1 is 0.935 bits per heavy atom. The third kappa shape index (κ3) is 3.82. The number of fused-ring (bicyclic) bond motifs is 2. The number of H-pyrrole nitrogens is 1. The number of carbonyl (C=O) groups is 3. The van der Waals surface area contributed by atoms with E-state index in [-0.39, 0.29) is 11.4 Å². The Bertz CT molecular complexity index is 1140. The van der Waals surface area contributed by atoms with E-state index in [1.54, 1.807) is 24.6 Å². The summed E-state index contributed by atoms with van der Waals surface area (Å²) in [5.41, 5.74) is 4.61. The zero-order valence-electron chi connectivity index (χ0n) is 18.3. The number of Topliss-reactive ketones (excluding diaryl/α,β-unsaturated/α-hetero) is 2. The summed E-state index contributed by atoms with van der Waals surface area (Å²) < 4.78 is 0. The average Bonchev–Trinajstić information content (AvgIpc) is 3.33. The first-order valence-corrected chi connectivity index (χ1v) is 10.3. The van der Waals surface area contributed by atoms with Crippen LogP contribution in [0.1, 0.15) is 28.0 Å². The molecule has 1 N–H and O–H groups in total. The number of likely N-dealkylation sites (N-methyl/N-ethyl adjacent to an activating group) is 1. The Kier molecular flexibility index (Phi) is 5.56. The van der Waals surface area contributed by atoms with Crippen LogP contribution in [0.4, 0.5) is 0 Å². The molecule has 160 valence electrons. The summed E-state index contributed by atoms with van der Waals surface area (Å²) in [6, 6.07) is 0. The minimum atomic E-state index is -0.559. The molecule has 0 unspecified atom stereocenters. The highest BCUT2D eigenvalue weighted by Gasteiger charge is 2.36. The van der Waals surface area contributed by atoms with Crippen molar-refractivity contribution in [2.24, 2.45) is 4.99 Å². The van der Waals surface area contributed by atoms with E-state index in [2.05, 4.69) is 9.98 Å². The van der Waals surface area contributed by atoms with Crippen LogP contribution >= 0.6 is 0 Å². The van der Waals surface area contributed by atoms with E-state index >= 15 is 0 Å². The van der Waals surface area contributed by atoms with Crippen molar-refractivity contribution in [1.82, 2.24) is 14.8 Å². The number of carbonyl (C=O) groups excluding carboxylic acids is 3. The van der Waals surface area contributed by atoms with Gasteiger partial charge in [-0.2, -0.15) is 0 Å². The second-order valence-corrected chi connectivity index (χ2v) is 8.54. The number of allylic oxidation sites excluding steroid dienone is 5. The van der Waals surface area contributed by atoms with E-state index in [1.165, 1.54) is 6.08 Å². The van der Waals surface area contributed by atoms with E-state index in [1.807, 2.05) is 38.0 Å². The van der Waals surface area contributed by atoms with Gasteiger partial charge in [-0.25, -0.2) is 0 Å². The summed E-state index contributed by atoms with van der Waals surface area (Å²) in [5.74, 6) is -1.19. The first kappa shape index (κ1) is 21.1. The number of hydrogen-bond donors (Lipinski definition) is 1. The molecule has 0 atom stereocenters. The molecule has 0 spiro atoms. The first-order valence-electron chi connectivity index (χ1n) is 10.3. The molecule has 1 aliphatic heterocycles. The van der Waals surface area contributed by atoms with E-state index in [0.717, 1.165) is 24.2 Å². The topological polar surface area (TPSA) is 85.8 Å². The molecule has 7 nitrogen and oxygen atoms in total. The number of ketones is 3. The molecule has 0 aromatic carbocycles. The average molecular weight is 418 g/mol.